The van der Waals surface area contributed by atoms with Gasteiger partial charge in [-0.2, -0.15) is 0 Å². The molecule has 0 amide bonds. The lowest BCUT2D eigenvalue weighted by Crippen LogP contribution is -2.28. The van der Waals surface area contributed by atoms with E-state index in [4.69, 9.17) is 0 Å². The third-order valence-electron chi connectivity index (χ3n) is 8.76. The van der Waals surface area contributed by atoms with Gasteiger partial charge in [0.2, 0.25) is 0 Å². The van der Waals surface area contributed by atoms with Gasteiger partial charge in [0.05, 0.1) is 34.6 Å². The molecule has 1 aliphatic carbocycles. The summed E-state index contributed by atoms with van der Waals surface area (Å²) in [4.78, 5) is 4.62. The molecule has 8 bridgehead atoms. The van der Waals surface area contributed by atoms with Gasteiger partial charge in [0.25, 0.3) is 0 Å². The fraction of sp³-hybridized carbons (Fsp3) is 0.450. The normalized spacial score (nSPS) is 19.1. The molecular weight excluding hydrogens is 673 g/mol. The van der Waals surface area contributed by atoms with Crippen molar-refractivity contribution in [1.82, 2.24) is 0 Å². The highest BCUT2D eigenvalue weighted by atomic mass is 32.2. The zero-order valence-corrected chi connectivity index (χ0v) is 33.5. The van der Waals surface area contributed by atoms with Gasteiger partial charge in [-0.25, -0.2) is 0 Å². The largest absolute Gasteiger partial charge is 0.506 e. The van der Waals surface area contributed by atoms with Crippen molar-refractivity contribution < 1.29 is 20.4 Å². The molecule has 4 N–H and O–H groups in total. The molecule has 0 aromatic heterocycles. The van der Waals surface area contributed by atoms with Crippen molar-refractivity contribution in [3.8, 4) is 17.2 Å². The maximum atomic E-state index is 12.0. The Kier molecular flexibility index (Phi) is 9.99. The first-order valence-electron chi connectivity index (χ1n) is 16.4. The second-order valence-corrected chi connectivity index (χ2v) is 21.5. The molecule has 1 heterocycles. The van der Waals surface area contributed by atoms with Crippen LogP contribution in [0.5, 0.6) is 17.2 Å². The number of phenols is 3. The summed E-state index contributed by atoms with van der Waals surface area (Å²) in [5.41, 5.74) is 3.39. The number of aromatic hydroxyl groups is 3. The van der Waals surface area contributed by atoms with E-state index in [0.29, 0.717) is 29.4 Å². The quantitative estimate of drug-likeness (QED) is 0.183. The maximum absolute atomic E-state index is 12.0. The second kappa shape index (κ2) is 12.9. The van der Waals surface area contributed by atoms with Crippen LogP contribution in [0.3, 0.4) is 0 Å². The van der Waals surface area contributed by atoms with Gasteiger partial charge in [0, 0.05) is 4.91 Å². The molecule has 4 nitrogen and oxygen atoms in total. The van der Waals surface area contributed by atoms with Crippen molar-refractivity contribution in [2.75, 3.05) is 0 Å². The summed E-state index contributed by atoms with van der Waals surface area (Å²) in [5.74, 6) is 0.378. The molecule has 2 aliphatic rings. The van der Waals surface area contributed by atoms with E-state index in [1.807, 2.05) is 36.4 Å². The van der Waals surface area contributed by atoms with Crippen molar-refractivity contribution in [3.63, 3.8) is 0 Å². The summed E-state index contributed by atoms with van der Waals surface area (Å²) in [7, 11) is 0. The number of hydrogen-bond acceptors (Lipinski definition) is 8. The van der Waals surface area contributed by atoms with Crippen LogP contribution in [-0.2, 0) is 16.2 Å². The van der Waals surface area contributed by atoms with Gasteiger partial charge in [-0.15, -0.1) is 11.8 Å². The van der Waals surface area contributed by atoms with Crippen LogP contribution in [0.15, 0.2) is 88.4 Å². The summed E-state index contributed by atoms with van der Waals surface area (Å²) in [6.45, 7) is 25.8. The lowest BCUT2D eigenvalue weighted by molar-refractivity contribution is 0.225. The van der Waals surface area contributed by atoms with E-state index < -0.39 is 6.10 Å². The molecule has 2 unspecified atom stereocenters. The van der Waals surface area contributed by atoms with Gasteiger partial charge in [-0.3, -0.25) is 0 Å². The number of thioether (sulfide) groups is 2. The van der Waals surface area contributed by atoms with Crippen molar-refractivity contribution in [1.29, 1.82) is 0 Å². The molecule has 8 heteroatoms. The summed E-state index contributed by atoms with van der Waals surface area (Å²) in [6, 6.07) is 12.1. The Labute approximate surface area is 304 Å². The van der Waals surface area contributed by atoms with Gasteiger partial charge >= 0.3 is 0 Å². The van der Waals surface area contributed by atoms with Crippen molar-refractivity contribution >= 4 is 47.0 Å². The standard InChI is InChI=1S/C40H50O4S4/c1-37(2,3)21-13-25-33(41)26(14-21)46-28-16-23(39(7,8)9)18-30(35(28)43)48-32-20-24(40(10,11)12)19-31(36(32)44)47-29-17-22(38(4,5)6)15-27(45-25)34(29)42/h13-20,25,33,41-44H,1-12H3. The molecule has 48 heavy (non-hydrogen) atoms. The molecule has 0 saturated heterocycles. The molecule has 1 aliphatic heterocycles. The average molecular weight is 723 g/mol. The second-order valence-electron chi connectivity index (χ2n) is 17.0. The number of aliphatic hydroxyl groups is 1. The zero-order valence-electron chi connectivity index (χ0n) is 30.2. The summed E-state index contributed by atoms with van der Waals surface area (Å²) < 4.78 is 0. The fourth-order valence-electron chi connectivity index (χ4n) is 5.41. The van der Waals surface area contributed by atoms with Crippen molar-refractivity contribution in [2.45, 2.75) is 140 Å². The van der Waals surface area contributed by atoms with Gasteiger partial charge in [0.15, 0.2) is 0 Å². The third kappa shape index (κ3) is 7.78. The minimum absolute atomic E-state index is 0.113. The molecule has 258 valence electrons. The van der Waals surface area contributed by atoms with Crippen LogP contribution in [0.4, 0.5) is 0 Å². The van der Waals surface area contributed by atoms with Crippen LogP contribution < -0.4 is 0 Å². The lowest BCUT2D eigenvalue weighted by atomic mass is 9.83. The van der Waals surface area contributed by atoms with E-state index in [0.717, 1.165) is 27.2 Å². The Morgan fingerprint density at radius 3 is 1.17 bits per heavy atom. The molecule has 3 aromatic rings. The van der Waals surface area contributed by atoms with E-state index in [2.05, 4.69) is 95.2 Å². The van der Waals surface area contributed by atoms with Crippen molar-refractivity contribution in [2.24, 2.45) is 5.41 Å². The smallest absolute Gasteiger partial charge is 0.143 e. The van der Waals surface area contributed by atoms with Crippen LogP contribution in [0.2, 0.25) is 0 Å². The number of fused-ring (bicyclic) bond motifs is 8. The Bertz CT molecular complexity index is 1810. The molecule has 5 rings (SSSR count). The average Bonchev–Trinajstić information content (AvgIpc) is 2.93. The monoisotopic (exact) mass is 722 g/mol. The molecule has 0 radical (unpaired) electrons. The van der Waals surface area contributed by atoms with E-state index in [1.54, 1.807) is 0 Å². The molecule has 2 atom stereocenters. The molecule has 0 spiro atoms. The molecular formula is C40H50O4S4. The van der Waals surface area contributed by atoms with Crippen molar-refractivity contribution in [3.05, 3.63) is 75.7 Å². The highest BCUT2D eigenvalue weighted by Gasteiger charge is 2.34. The van der Waals surface area contributed by atoms with Crippen LogP contribution in [-0.4, -0.2) is 31.8 Å². The molecule has 0 saturated carbocycles. The highest BCUT2D eigenvalue weighted by Crippen LogP contribution is 2.54. The Hall–Kier alpha value is -2.10. The first-order valence-corrected chi connectivity index (χ1v) is 19.7. The van der Waals surface area contributed by atoms with Crippen LogP contribution in [0.1, 0.15) is 99.8 Å². The number of hydrogen-bond donors (Lipinski definition) is 4. The topological polar surface area (TPSA) is 80.9 Å². The Morgan fingerprint density at radius 2 is 0.812 bits per heavy atom. The predicted molar refractivity (Wildman–Crippen MR) is 206 cm³/mol. The predicted octanol–water partition coefficient (Wildman–Crippen LogP) is 11.8. The van der Waals surface area contributed by atoms with Gasteiger partial charge in [0.1, 0.15) is 23.4 Å². The first-order chi connectivity index (χ1) is 21.9. The Balaban J connectivity index is 1.85. The van der Waals surface area contributed by atoms with E-state index >= 15 is 0 Å². The highest BCUT2D eigenvalue weighted by molar-refractivity contribution is 8.04. The van der Waals surface area contributed by atoms with Gasteiger partial charge in [-0.05, 0) is 86.4 Å². The van der Waals surface area contributed by atoms with Crippen LogP contribution in [0, 0.1) is 5.41 Å². The van der Waals surface area contributed by atoms with E-state index in [1.165, 1.54) is 47.0 Å². The Morgan fingerprint density at radius 1 is 0.479 bits per heavy atom. The third-order valence-corrected chi connectivity index (χ3v) is 13.2. The van der Waals surface area contributed by atoms with Gasteiger partial charge < -0.3 is 20.4 Å². The maximum Gasteiger partial charge on any atom is 0.143 e. The number of rotatable bonds is 0. The minimum Gasteiger partial charge on any atom is -0.506 e. The number of benzene rings is 3. The minimum atomic E-state index is -0.868. The molecule has 3 aromatic carbocycles. The molecule has 0 fully saturated rings. The van der Waals surface area contributed by atoms with Crippen LogP contribution in [0.25, 0.3) is 0 Å². The SMILES string of the molecule is CC(C)(C)C1=CC2Sc3cc(C(C)(C)C)cc(c3O)Sc3cc(C(C)(C)C)cc(c3O)Sc3cc(C(C)(C)C)cc(c3O)SC(=C1)C2O. The summed E-state index contributed by atoms with van der Waals surface area (Å²) in [6.07, 6.45) is 3.31. The van der Waals surface area contributed by atoms with E-state index in [9.17, 15) is 20.4 Å². The van der Waals surface area contributed by atoms with Gasteiger partial charge in [-0.1, -0.05) is 124 Å². The number of aliphatic hydroxyl groups excluding tert-OH is 1. The van der Waals surface area contributed by atoms with Crippen LogP contribution >= 0.6 is 47.0 Å². The summed E-state index contributed by atoms with van der Waals surface area (Å²) >= 11 is 5.54. The number of phenolic OH excluding ortho intramolecular Hbond substituents is 3. The first kappa shape index (κ1) is 37.2. The van der Waals surface area contributed by atoms with E-state index in [-0.39, 0.29) is 44.2 Å². The lowest BCUT2D eigenvalue weighted by Gasteiger charge is -2.33. The zero-order chi connectivity index (χ0) is 35.7. The fourth-order valence-corrected chi connectivity index (χ4v) is 10.0. The number of allylic oxidation sites excluding steroid dienone is 2. The summed E-state index contributed by atoms with van der Waals surface area (Å²) in [5, 5.41) is 47.2.